The Morgan fingerprint density at radius 2 is 1.76 bits per heavy atom. The van der Waals surface area contributed by atoms with Crippen LogP contribution < -0.4 is 10.2 Å². The average molecular weight is 581 g/mol. The summed E-state index contributed by atoms with van der Waals surface area (Å²) >= 11 is 0. The normalized spacial score (nSPS) is 15.3. The molecule has 5 rings (SSSR count). The Bertz CT molecular complexity index is 1530. The van der Waals surface area contributed by atoms with Crippen molar-refractivity contribution in [3.63, 3.8) is 0 Å². The fourth-order valence-electron chi connectivity index (χ4n) is 5.46. The lowest BCUT2D eigenvalue weighted by atomic mass is 9.80. The first kappa shape index (κ1) is 29.3. The van der Waals surface area contributed by atoms with Gasteiger partial charge in [0.05, 0.1) is 18.2 Å². The minimum Gasteiger partial charge on any atom is -0.475 e. The molecule has 0 bridgehead atoms. The van der Waals surface area contributed by atoms with Crippen molar-refractivity contribution in [2.45, 2.75) is 71.3 Å². The van der Waals surface area contributed by atoms with Crippen LogP contribution in [-0.2, 0) is 12.7 Å². The van der Waals surface area contributed by atoms with Crippen LogP contribution in [0.4, 0.5) is 24.9 Å². The van der Waals surface area contributed by atoms with Crippen LogP contribution in [0.25, 0.3) is 11.2 Å². The molecule has 0 spiro atoms. The van der Waals surface area contributed by atoms with Gasteiger partial charge in [-0.05, 0) is 62.3 Å². The van der Waals surface area contributed by atoms with E-state index in [4.69, 9.17) is 4.98 Å². The van der Waals surface area contributed by atoms with Crippen molar-refractivity contribution in [3.05, 3.63) is 77.1 Å². The molecule has 2 heterocycles. The standard InChI is InChI=1S/C31H35F3N6O2/c1-4-17-39(20(3)23-9-6-5-7-10-23)30-38-27-25(40(30)18-21-13-15-24(16-14-21)31(32,33)34)26(36-28(37-27)29(41)42)35-19(2)22-11-8-12-22/h5-7,9-10,13-16,19-20,22H,4,8,11-12,17-18H2,1-3H3,(H,41,42)(H,35,36,37)/t19-,20+/m1/s1. The van der Waals surface area contributed by atoms with E-state index < -0.39 is 17.7 Å². The minimum atomic E-state index is -4.44. The molecule has 42 heavy (non-hydrogen) atoms. The molecule has 222 valence electrons. The first-order valence-corrected chi connectivity index (χ1v) is 14.3. The number of rotatable bonds is 11. The maximum Gasteiger partial charge on any atom is 0.416 e. The second-order valence-electron chi connectivity index (χ2n) is 11.0. The van der Waals surface area contributed by atoms with Crippen molar-refractivity contribution in [3.8, 4) is 0 Å². The highest BCUT2D eigenvalue weighted by Gasteiger charge is 2.31. The van der Waals surface area contributed by atoms with Crippen LogP contribution in [-0.4, -0.2) is 43.2 Å². The summed E-state index contributed by atoms with van der Waals surface area (Å²) in [5.74, 6) is -0.304. The third kappa shape index (κ3) is 6.05. The molecule has 1 saturated carbocycles. The molecule has 2 atom stereocenters. The van der Waals surface area contributed by atoms with Crippen LogP contribution in [0, 0.1) is 5.92 Å². The Labute approximate surface area is 242 Å². The van der Waals surface area contributed by atoms with Gasteiger partial charge in [0, 0.05) is 12.6 Å². The Morgan fingerprint density at radius 3 is 2.33 bits per heavy atom. The summed E-state index contributed by atoms with van der Waals surface area (Å²) in [4.78, 5) is 27.7. The molecule has 2 aromatic heterocycles. The number of anilines is 2. The third-order valence-corrected chi connectivity index (χ3v) is 8.09. The maximum absolute atomic E-state index is 13.3. The summed E-state index contributed by atoms with van der Waals surface area (Å²) in [5.41, 5.74) is 1.70. The maximum atomic E-state index is 13.3. The Kier molecular flexibility index (Phi) is 8.38. The molecule has 4 aromatic rings. The van der Waals surface area contributed by atoms with Gasteiger partial charge in [0.15, 0.2) is 11.5 Å². The summed E-state index contributed by atoms with van der Waals surface area (Å²) in [5, 5.41) is 13.3. The Morgan fingerprint density at radius 1 is 1.07 bits per heavy atom. The monoisotopic (exact) mass is 580 g/mol. The number of carbonyl (C=O) groups is 1. The van der Waals surface area contributed by atoms with Crippen LogP contribution in [0.3, 0.4) is 0 Å². The fourth-order valence-corrected chi connectivity index (χ4v) is 5.46. The number of hydrogen-bond acceptors (Lipinski definition) is 6. The predicted molar refractivity (Wildman–Crippen MR) is 156 cm³/mol. The molecule has 0 saturated heterocycles. The summed E-state index contributed by atoms with van der Waals surface area (Å²) in [6, 6.07) is 14.9. The quantitative estimate of drug-likeness (QED) is 0.194. The van der Waals surface area contributed by atoms with Crippen LogP contribution in [0.2, 0.25) is 0 Å². The number of benzene rings is 2. The van der Waals surface area contributed by atoms with Gasteiger partial charge in [-0.1, -0.05) is 55.8 Å². The van der Waals surface area contributed by atoms with Crippen molar-refractivity contribution < 1.29 is 23.1 Å². The lowest BCUT2D eigenvalue weighted by Gasteiger charge is -2.32. The number of imidazole rings is 1. The number of fused-ring (bicyclic) bond motifs is 1. The van der Waals surface area contributed by atoms with Crippen LogP contribution in [0.15, 0.2) is 54.6 Å². The number of halogens is 3. The van der Waals surface area contributed by atoms with E-state index in [2.05, 4.69) is 41.0 Å². The molecule has 0 radical (unpaired) electrons. The molecule has 11 heteroatoms. The molecule has 0 aliphatic heterocycles. The molecule has 0 amide bonds. The SMILES string of the molecule is CCCN(c1nc2nc(C(=O)O)nc(N[C@H](C)C3CCC3)c2n1Cc1ccc(C(F)(F)F)cc1)[C@@H](C)c1ccccc1. The average Bonchev–Trinajstić information content (AvgIpc) is 3.28. The fraction of sp³-hybridized carbons (Fsp3) is 0.419. The Hall–Kier alpha value is -4.15. The second kappa shape index (κ2) is 12.0. The number of hydrogen-bond donors (Lipinski definition) is 2. The second-order valence-corrected chi connectivity index (χ2v) is 11.0. The summed E-state index contributed by atoms with van der Waals surface area (Å²) in [6.45, 7) is 7.00. The summed E-state index contributed by atoms with van der Waals surface area (Å²) in [7, 11) is 0. The lowest BCUT2D eigenvalue weighted by molar-refractivity contribution is -0.137. The molecule has 8 nitrogen and oxygen atoms in total. The van der Waals surface area contributed by atoms with Crippen LogP contribution >= 0.6 is 0 Å². The minimum absolute atomic E-state index is 0.0337. The predicted octanol–water partition coefficient (Wildman–Crippen LogP) is 7.17. The first-order valence-electron chi connectivity index (χ1n) is 14.3. The van der Waals surface area contributed by atoms with Crippen LogP contribution in [0.1, 0.15) is 79.8 Å². The van der Waals surface area contributed by atoms with Gasteiger partial charge in [-0.3, -0.25) is 0 Å². The van der Waals surface area contributed by atoms with Crippen molar-refractivity contribution in [1.29, 1.82) is 0 Å². The number of aromatic carboxylic acids is 1. The molecule has 2 N–H and O–H groups in total. The van der Waals surface area contributed by atoms with E-state index in [-0.39, 0.29) is 30.1 Å². The zero-order valence-electron chi connectivity index (χ0n) is 23.9. The zero-order chi connectivity index (χ0) is 30.0. The van der Waals surface area contributed by atoms with E-state index in [1.165, 1.54) is 12.1 Å². The van der Waals surface area contributed by atoms with E-state index in [0.29, 0.717) is 35.3 Å². The molecular weight excluding hydrogens is 545 g/mol. The van der Waals surface area contributed by atoms with Gasteiger partial charge in [-0.15, -0.1) is 0 Å². The number of carboxylic acid groups (broad SMARTS) is 1. The van der Waals surface area contributed by atoms with Gasteiger partial charge >= 0.3 is 12.1 Å². The topological polar surface area (TPSA) is 96.2 Å². The van der Waals surface area contributed by atoms with Gasteiger partial charge in [0.25, 0.3) is 0 Å². The Balaban J connectivity index is 1.69. The molecule has 1 fully saturated rings. The first-order chi connectivity index (χ1) is 20.1. The van der Waals surface area contributed by atoms with Gasteiger partial charge in [0.2, 0.25) is 11.8 Å². The number of aromatic nitrogens is 4. The van der Waals surface area contributed by atoms with E-state index in [9.17, 15) is 23.1 Å². The largest absolute Gasteiger partial charge is 0.475 e. The highest BCUT2D eigenvalue weighted by Crippen LogP contribution is 2.36. The molecular formula is C31H35F3N6O2. The summed E-state index contributed by atoms with van der Waals surface area (Å²) < 4.78 is 41.8. The molecule has 0 unspecified atom stereocenters. The number of carboxylic acids is 1. The van der Waals surface area contributed by atoms with E-state index >= 15 is 0 Å². The van der Waals surface area contributed by atoms with E-state index in [1.54, 1.807) is 0 Å². The molecule has 1 aliphatic rings. The summed E-state index contributed by atoms with van der Waals surface area (Å²) in [6.07, 6.45) is -0.345. The number of nitrogens with zero attached hydrogens (tertiary/aromatic N) is 5. The van der Waals surface area contributed by atoms with Crippen molar-refractivity contribution >= 4 is 28.9 Å². The van der Waals surface area contributed by atoms with E-state index in [1.807, 2.05) is 34.9 Å². The van der Waals surface area contributed by atoms with Crippen molar-refractivity contribution in [1.82, 2.24) is 19.5 Å². The number of alkyl halides is 3. The third-order valence-electron chi connectivity index (χ3n) is 8.09. The molecule has 2 aromatic carbocycles. The smallest absolute Gasteiger partial charge is 0.416 e. The van der Waals surface area contributed by atoms with Crippen molar-refractivity contribution in [2.75, 3.05) is 16.8 Å². The van der Waals surface area contributed by atoms with Gasteiger partial charge in [-0.2, -0.15) is 18.2 Å². The molecule has 1 aliphatic carbocycles. The van der Waals surface area contributed by atoms with Gasteiger partial charge in [0.1, 0.15) is 5.52 Å². The van der Waals surface area contributed by atoms with Gasteiger partial charge < -0.3 is 19.9 Å². The van der Waals surface area contributed by atoms with Crippen LogP contribution in [0.5, 0.6) is 0 Å². The number of nitrogens with one attached hydrogen (secondary N) is 1. The van der Waals surface area contributed by atoms with Gasteiger partial charge in [-0.25, -0.2) is 14.8 Å². The highest BCUT2D eigenvalue weighted by atomic mass is 19.4. The van der Waals surface area contributed by atoms with E-state index in [0.717, 1.165) is 43.4 Å². The van der Waals surface area contributed by atoms with Crippen molar-refractivity contribution in [2.24, 2.45) is 5.92 Å². The highest BCUT2D eigenvalue weighted by molar-refractivity contribution is 5.91. The zero-order valence-corrected chi connectivity index (χ0v) is 23.9. The lowest BCUT2D eigenvalue weighted by Crippen LogP contribution is -2.32.